The average Bonchev–Trinajstić information content (AvgIpc) is 3.72. The number of fused-ring (bicyclic) bond motifs is 1. The SMILES string of the molecule is COC(=O)[C@H](Cc1ccc(C(C)C)s1)NC(=O)c1cc2ccc(C(=O)c3ccc(C(C)(C)C)cc3)cc2c(CC2CCCC2)n1. The third kappa shape index (κ3) is 7.70. The number of pyridine rings is 1. The molecule has 1 amide bonds. The maximum atomic E-state index is 13.6. The van der Waals surface area contributed by atoms with E-state index in [-0.39, 0.29) is 16.9 Å². The van der Waals surface area contributed by atoms with Gasteiger partial charge in [0.2, 0.25) is 0 Å². The lowest BCUT2D eigenvalue weighted by Crippen LogP contribution is -2.43. The fraction of sp³-hybridized carbons (Fsp3) is 0.421. The first-order valence-corrected chi connectivity index (χ1v) is 16.8. The number of nitrogens with zero attached hydrogens (tertiary/aromatic N) is 1. The van der Waals surface area contributed by atoms with Crippen molar-refractivity contribution in [3.05, 3.63) is 98.5 Å². The van der Waals surface area contributed by atoms with Crippen LogP contribution in [0.3, 0.4) is 0 Å². The van der Waals surface area contributed by atoms with Crippen LogP contribution < -0.4 is 5.32 Å². The van der Waals surface area contributed by atoms with Gasteiger partial charge in [-0.1, -0.05) is 96.7 Å². The lowest BCUT2D eigenvalue weighted by molar-refractivity contribution is -0.142. The van der Waals surface area contributed by atoms with Crippen LogP contribution in [-0.2, 0) is 27.8 Å². The minimum absolute atomic E-state index is 0.00739. The zero-order valence-electron chi connectivity index (χ0n) is 27.2. The second kappa shape index (κ2) is 13.7. The van der Waals surface area contributed by atoms with Crippen LogP contribution in [0.2, 0.25) is 0 Å². The number of amides is 1. The minimum Gasteiger partial charge on any atom is -0.467 e. The molecule has 7 heteroatoms. The van der Waals surface area contributed by atoms with Crippen LogP contribution in [0.15, 0.2) is 60.7 Å². The van der Waals surface area contributed by atoms with Gasteiger partial charge in [0.05, 0.1) is 7.11 Å². The average molecular weight is 625 g/mol. The van der Waals surface area contributed by atoms with Crippen molar-refractivity contribution in [1.29, 1.82) is 0 Å². The summed E-state index contributed by atoms with van der Waals surface area (Å²) in [6.07, 6.45) is 5.73. The second-order valence-corrected chi connectivity index (χ2v) is 14.8. The van der Waals surface area contributed by atoms with Crippen LogP contribution in [-0.4, -0.2) is 35.8 Å². The summed E-state index contributed by atoms with van der Waals surface area (Å²) in [5.74, 6) is -0.0748. The molecule has 0 bridgehead atoms. The van der Waals surface area contributed by atoms with E-state index in [0.29, 0.717) is 29.4 Å². The van der Waals surface area contributed by atoms with E-state index < -0.39 is 17.9 Å². The monoisotopic (exact) mass is 624 g/mol. The largest absolute Gasteiger partial charge is 0.467 e. The molecule has 1 saturated carbocycles. The van der Waals surface area contributed by atoms with Crippen LogP contribution >= 0.6 is 11.3 Å². The van der Waals surface area contributed by atoms with Crippen LogP contribution in [0.1, 0.15) is 114 Å². The number of esters is 1. The van der Waals surface area contributed by atoms with Crippen molar-refractivity contribution in [2.24, 2.45) is 5.92 Å². The lowest BCUT2D eigenvalue weighted by atomic mass is 9.86. The number of benzene rings is 2. The molecule has 4 aromatic rings. The smallest absolute Gasteiger partial charge is 0.328 e. The Morgan fingerprint density at radius 1 is 0.956 bits per heavy atom. The molecule has 5 rings (SSSR count). The van der Waals surface area contributed by atoms with Crippen molar-refractivity contribution in [2.45, 2.75) is 90.5 Å². The van der Waals surface area contributed by atoms with Crippen molar-refractivity contribution in [3.8, 4) is 0 Å². The Morgan fingerprint density at radius 3 is 2.27 bits per heavy atom. The Balaban J connectivity index is 1.45. The summed E-state index contributed by atoms with van der Waals surface area (Å²) in [7, 11) is 1.33. The van der Waals surface area contributed by atoms with Crippen molar-refractivity contribution in [2.75, 3.05) is 7.11 Å². The molecular weight excluding hydrogens is 580 g/mol. The first-order chi connectivity index (χ1) is 21.4. The standard InChI is InChI=1S/C38H44N2O4S/c1-23(2)34-18-17-29(45-34)22-33(37(43)44-6)40-36(42)32-21-26-11-12-27(20-30(26)31(39-32)19-24-9-7-8-10-24)35(41)25-13-15-28(16-14-25)38(3,4)5/h11-18,20-21,23-24,33H,7-10,19,22H2,1-6H3,(H,40,42)/t33-/m0/s1. The summed E-state index contributed by atoms with van der Waals surface area (Å²) in [5, 5.41) is 4.63. The van der Waals surface area contributed by atoms with Crippen LogP contribution in [0.25, 0.3) is 10.8 Å². The quantitative estimate of drug-likeness (QED) is 0.142. The molecule has 6 nitrogen and oxygen atoms in total. The topological polar surface area (TPSA) is 85.4 Å². The Bertz CT molecular complexity index is 1690. The molecule has 2 aromatic carbocycles. The summed E-state index contributed by atoms with van der Waals surface area (Å²) in [6, 6.07) is 18.5. The zero-order chi connectivity index (χ0) is 32.3. The predicted octanol–water partition coefficient (Wildman–Crippen LogP) is 8.20. The van der Waals surface area contributed by atoms with E-state index >= 15 is 0 Å². The van der Waals surface area contributed by atoms with Gasteiger partial charge in [-0.15, -0.1) is 11.3 Å². The molecule has 0 radical (unpaired) electrons. The number of aromatic nitrogens is 1. The molecule has 0 spiro atoms. The molecule has 1 atom stereocenters. The van der Waals surface area contributed by atoms with E-state index in [1.54, 1.807) is 17.4 Å². The van der Waals surface area contributed by atoms with Crippen LogP contribution in [0.5, 0.6) is 0 Å². The molecular formula is C38H44N2O4S. The van der Waals surface area contributed by atoms with E-state index in [4.69, 9.17) is 9.72 Å². The van der Waals surface area contributed by atoms with E-state index in [1.165, 1.54) is 30.4 Å². The molecule has 2 heterocycles. The summed E-state index contributed by atoms with van der Waals surface area (Å²) >= 11 is 1.64. The molecule has 0 saturated heterocycles. The third-order valence-corrected chi connectivity index (χ3v) is 10.2. The summed E-state index contributed by atoms with van der Waals surface area (Å²) in [6.45, 7) is 10.7. The van der Waals surface area contributed by atoms with Gasteiger partial charge >= 0.3 is 5.97 Å². The first kappa shape index (κ1) is 32.6. The number of ketones is 1. The van der Waals surface area contributed by atoms with Gasteiger partial charge in [-0.25, -0.2) is 9.78 Å². The van der Waals surface area contributed by atoms with Gasteiger partial charge in [0.1, 0.15) is 11.7 Å². The first-order valence-electron chi connectivity index (χ1n) is 16.0. The highest BCUT2D eigenvalue weighted by molar-refractivity contribution is 7.12. The molecule has 236 valence electrons. The second-order valence-electron chi connectivity index (χ2n) is 13.6. The number of rotatable bonds is 10. The number of ether oxygens (including phenoxy) is 1. The Kier molecular flexibility index (Phi) is 9.88. The molecule has 1 fully saturated rings. The number of carbonyl (C=O) groups excluding carboxylic acids is 3. The predicted molar refractivity (Wildman–Crippen MR) is 181 cm³/mol. The number of thiophene rings is 1. The van der Waals surface area contributed by atoms with Crippen molar-refractivity contribution >= 4 is 39.8 Å². The van der Waals surface area contributed by atoms with Crippen molar-refractivity contribution < 1.29 is 19.1 Å². The lowest BCUT2D eigenvalue weighted by Gasteiger charge is -2.19. The summed E-state index contributed by atoms with van der Waals surface area (Å²) in [5.41, 5.74) is 3.50. The maximum absolute atomic E-state index is 13.6. The van der Waals surface area contributed by atoms with Gasteiger partial charge in [-0.05, 0) is 58.9 Å². The van der Waals surface area contributed by atoms with Crippen LogP contribution in [0, 0.1) is 5.92 Å². The molecule has 1 aliphatic carbocycles. The number of carbonyl (C=O) groups is 3. The zero-order valence-corrected chi connectivity index (χ0v) is 28.1. The number of hydrogen-bond donors (Lipinski definition) is 1. The highest BCUT2D eigenvalue weighted by Crippen LogP contribution is 2.32. The highest BCUT2D eigenvalue weighted by atomic mass is 32.1. The van der Waals surface area contributed by atoms with Gasteiger partial charge in [0.25, 0.3) is 5.91 Å². The van der Waals surface area contributed by atoms with E-state index in [2.05, 4.69) is 46.0 Å². The minimum atomic E-state index is -0.832. The van der Waals surface area contributed by atoms with Crippen molar-refractivity contribution in [1.82, 2.24) is 10.3 Å². The molecule has 2 aromatic heterocycles. The van der Waals surface area contributed by atoms with Gasteiger partial charge in [-0.2, -0.15) is 0 Å². The molecule has 1 aliphatic rings. The number of methoxy groups -OCH3 is 1. The normalized spacial score (nSPS) is 14.6. The molecule has 45 heavy (non-hydrogen) atoms. The maximum Gasteiger partial charge on any atom is 0.328 e. The fourth-order valence-corrected chi connectivity index (χ4v) is 7.15. The summed E-state index contributed by atoms with van der Waals surface area (Å²) in [4.78, 5) is 47.0. The fourth-order valence-electron chi connectivity index (χ4n) is 6.09. The van der Waals surface area contributed by atoms with E-state index in [1.807, 2.05) is 48.5 Å². The molecule has 1 N–H and O–H groups in total. The van der Waals surface area contributed by atoms with Gasteiger partial charge < -0.3 is 10.1 Å². The molecule has 0 aliphatic heterocycles. The van der Waals surface area contributed by atoms with Gasteiger partial charge in [0.15, 0.2) is 5.78 Å². The van der Waals surface area contributed by atoms with E-state index in [9.17, 15) is 14.4 Å². The number of hydrogen-bond acceptors (Lipinski definition) is 6. The van der Waals surface area contributed by atoms with Gasteiger partial charge in [0, 0.05) is 38.4 Å². The van der Waals surface area contributed by atoms with E-state index in [0.717, 1.165) is 40.6 Å². The highest BCUT2D eigenvalue weighted by Gasteiger charge is 2.26. The molecule has 0 unspecified atom stereocenters. The number of nitrogens with one attached hydrogen (secondary N) is 1. The Labute approximate surface area is 270 Å². The summed E-state index contributed by atoms with van der Waals surface area (Å²) < 4.78 is 5.05. The third-order valence-electron chi connectivity index (χ3n) is 8.82. The van der Waals surface area contributed by atoms with Crippen LogP contribution in [0.4, 0.5) is 0 Å². The van der Waals surface area contributed by atoms with Crippen molar-refractivity contribution in [3.63, 3.8) is 0 Å². The Hall–Kier alpha value is -3.84. The Morgan fingerprint density at radius 2 is 1.64 bits per heavy atom. The van der Waals surface area contributed by atoms with Gasteiger partial charge in [-0.3, -0.25) is 9.59 Å².